The summed E-state index contributed by atoms with van der Waals surface area (Å²) in [7, 11) is 1.52. The van der Waals surface area contributed by atoms with E-state index < -0.39 is 17.7 Å². The van der Waals surface area contributed by atoms with Crippen molar-refractivity contribution in [3.05, 3.63) is 131 Å². The first-order chi connectivity index (χ1) is 18.5. The van der Waals surface area contributed by atoms with Crippen LogP contribution in [0, 0.1) is 0 Å². The Morgan fingerprint density at radius 2 is 1.61 bits per heavy atom. The summed E-state index contributed by atoms with van der Waals surface area (Å²) in [6.45, 7) is 0.593. The molecule has 1 unspecified atom stereocenters. The number of methoxy groups -OCH3 is 1. The Bertz CT molecular complexity index is 1470. The summed E-state index contributed by atoms with van der Waals surface area (Å²) in [5, 5.41) is 11.3. The normalized spacial score (nSPS) is 16.4. The maximum Gasteiger partial charge on any atom is 0.295 e. The number of likely N-dealkylation sites (tertiary alicyclic amines) is 1. The van der Waals surface area contributed by atoms with E-state index in [0.29, 0.717) is 29.2 Å². The lowest BCUT2D eigenvalue weighted by atomic mass is 9.95. The van der Waals surface area contributed by atoms with Gasteiger partial charge < -0.3 is 19.5 Å². The van der Waals surface area contributed by atoms with Gasteiger partial charge in [-0.25, -0.2) is 0 Å². The number of carbonyl (C=O) groups is 2. The van der Waals surface area contributed by atoms with Crippen LogP contribution < -0.4 is 9.47 Å². The standard InChI is InChI=1S/C31H26N2O5/c1-37-26-9-5-8-24(18-26)29(34)27-28(33(31(36)30(27)35)19-21-14-16-32-17-15-21)23-10-12-25(13-11-23)38-20-22-6-3-2-4-7-22/h2-18,28,34H,19-20H2,1H3/b29-27+. The third kappa shape index (κ3) is 5.13. The minimum Gasteiger partial charge on any atom is -0.507 e. The molecule has 1 aliphatic heterocycles. The van der Waals surface area contributed by atoms with E-state index in [4.69, 9.17) is 9.47 Å². The highest BCUT2D eigenvalue weighted by Gasteiger charge is 2.46. The van der Waals surface area contributed by atoms with E-state index in [-0.39, 0.29) is 17.9 Å². The second kappa shape index (κ2) is 11.0. The van der Waals surface area contributed by atoms with Crippen molar-refractivity contribution in [1.82, 2.24) is 9.88 Å². The second-order valence-corrected chi connectivity index (χ2v) is 8.86. The van der Waals surface area contributed by atoms with Gasteiger partial charge in [0.15, 0.2) is 0 Å². The summed E-state index contributed by atoms with van der Waals surface area (Å²) in [4.78, 5) is 32.1. The molecule has 0 saturated carbocycles. The average molecular weight is 507 g/mol. The van der Waals surface area contributed by atoms with Crippen molar-refractivity contribution in [2.45, 2.75) is 19.2 Å². The molecule has 1 saturated heterocycles. The number of nitrogens with zero attached hydrogens (tertiary/aromatic N) is 2. The fourth-order valence-electron chi connectivity index (χ4n) is 4.49. The van der Waals surface area contributed by atoms with Gasteiger partial charge in [-0.3, -0.25) is 14.6 Å². The van der Waals surface area contributed by atoms with Crippen molar-refractivity contribution < 1.29 is 24.2 Å². The maximum atomic E-state index is 13.3. The number of aromatic nitrogens is 1. The van der Waals surface area contributed by atoms with E-state index in [1.165, 1.54) is 12.0 Å². The van der Waals surface area contributed by atoms with Crippen molar-refractivity contribution in [3.63, 3.8) is 0 Å². The number of carbonyl (C=O) groups excluding carboxylic acids is 2. The van der Waals surface area contributed by atoms with Gasteiger partial charge in [0.1, 0.15) is 23.9 Å². The summed E-state index contributed by atoms with van der Waals surface area (Å²) in [6, 6.07) is 26.6. The Labute approximate surface area is 220 Å². The van der Waals surface area contributed by atoms with Crippen LogP contribution in [0.5, 0.6) is 11.5 Å². The van der Waals surface area contributed by atoms with Crippen molar-refractivity contribution in [2.24, 2.45) is 0 Å². The molecule has 1 fully saturated rings. The number of benzene rings is 3. The number of hydrogen-bond donors (Lipinski definition) is 1. The number of hydrogen-bond acceptors (Lipinski definition) is 6. The summed E-state index contributed by atoms with van der Waals surface area (Å²) >= 11 is 0. The molecule has 2 heterocycles. The summed E-state index contributed by atoms with van der Waals surface area (Å²) in [5.41, 5.74) is 2.95. The number of amides is 1. The molecule has 0 radical (unpaired) electrons. The second-order valence-electron chi connectivity index (χ2n) is 8.86. The molecule has 1 aromatic heterocycles. The number of ketones is 1. The molecule has 5 rings (SSSR count). The molecular weight excluding hydrogens is 480 g/mol. The fourth-order valence-corrected chi connectivity index (χ4v) is 4.49. The van der Waals surface area contributed by atoms with E-state index in [1.54, 1.807) is 60.9 Å². The number of aliphatic hydroxyl groups excluding tert-OH is 1. The molecule has 0 aliphatic carbocycles. The molecule has 7 heteroatoms. The van der Waals surface area contributed by atoms with Gasteiger partial charge in [-0.1, -0.05) is 54.6 Å². The Kier molecular flexibility index (Phi) is 7.17. The topological polar surface area (TPSA) is 89.0 Å². The molecule has 3 aromatic carbocycles. The van der Waals surface area contributed by atoms with E-state index in [1.807, 2.05) is 42.5 Å². The predicted octanol–water partition coefficient (Wildman–Crippen LogP) is 5.29. The van der Waals surface area contributed by atoms with E-state index >= 15 is 0 Å². The Balaban J connectivity index is 1.52. The van der Waals surface area contributed by atoms with Gasteiger partial charge in [-0.2, -0.15) is 0 Å². The first kappa shape index (κ1) is 24.8. The highest BCUT2D eigenvalue weighted by atomic mass is 16.5. The van der Waals surface area contributed by atoms with Crippen LogP contribution in [0.25, 0.3) is 5.76 Å². The predicted molar refractivity (Wildman–Crippen MR) is 142 cm³/mol. The molecule has 1 aliphatic rings. The zero-order chi connectivity index (χ0) is 26.5. The molecule has 1 amide bonds. The van der Waals surface area contributed by atoms with Crippen LogP contribution >= 0.6 is 0 Å². The smallest absolute Gasteiger partial charge is 0.295 e. The van der Waals surface area contributed by atoms with Gasteiger partial charge in [-0.05, 0) is 53.1 Å². The number of ether oxygens (including phenoxy) is 2. The van der Waals surface area contributed by atoms with Gasteiger partial charge in [0.25, 0.3) is 11.7 Å². The fraction of sp³-hybridized carbons (Fsp3) is 0.129. The largest absolute Gasteiger partial charge is 0.507 e. The van der Waals surface area contributed by atoms with Crippen LogP contribution in [0.3, 0.4) is 0 Å². The number of Topliss-reactive ketones (excluding diaryl/α,β-unsaturated/α-hetero) is 1. The summed E-state index contributed by atoms with van der Waals surface area (Å²) in [6.07, 6.45) is 3.27. The van der Waals surface area contributed by atoms with Crippen LogP contribution in [0.4, 0.5) is 0 Å². The van der Waals surface area contributed by atoms with Gasteiger partial charge in [0, 0.05) is 24.5 Å². The molecule has 38 heavy (non-hydrogen) atoms. The Hall–Kier alpha value is -4.91. The van der Waals surface area contributed by atoms with Crippen LogP contribution in [-0.4, -0.2) is 33.8 Å². The number of pyridine rings is 1. The van der Waals surface area contributed by atoms with Crippen LogP contribution in [0.15, 0.2) is 109 Å². The SMILES string of the molecule is COc1cccc(/C(O)=C2\C(=O)C(=O)N(Cc3ccncc3)C2c2ccc(OCc3ccccc3)cc2)c1. The Morgan fingerprint density at radius 3 is 2.32 bits per heavy atom. The first-order valence-electron chi connectivity index (χ1n) is 12.1. The maximum absolute atomic E-state index is 13.3. The molecular formula is C31H26N2O5. The highest BCUT2D eigenvalue weighted by Crippen LogP contribution is 2.41. The molecule has 0 spiro atoms. The van der Waals surface area contributed by atoms with Crippen molar-refractivity contribution >= 4 is 17.4 Å². The van der Waals surface area contributed by atoms with E-state index in [9.17, 15) is 14.7 Å². The third-order valence-electron chi connectivity index (χ3n) is 6.43. The third-order valence-corrected chi connectivity index (χ3v) is 6.43. The molecule has 7 nitrogen and oxygen atoms in total. The zero-order valence-electron chi connectivity index (χ0n) is 20.8. The zero-order valence-corrected chi connectivity index (χ0v) is 20.8. The lowest BCUT2D eigenvalue weighted by Crippen LogP contribution is -2.29. The lowest BCUT2D eigenvalue weighted by Gasteiger charge is -2.25. The van der Waals surface area contributed by atoms with E-state index in [0.717, 1.165) is 11.1 Å². The van der Waals surface area contributed by atoms with Crippen molar-refractivity contribution in [3.8, 4) is 11.5 Å². The Morgan fingerprint density at radius 1 is 0.868 bits per heavy atom. The highest BCUT2D eigenvalue weighted by molar-refractivity contribution is 6.46. The molecule has 1 N–H and O–H groups in total. The van der Waals surface area contributed by atoms with Gasteiger partial charge >= 0.3 is 0 Å². The minimum atomic E-state index is -0.794. The van der Waals surface area contributed by atoms with Crippen LogP contribution in [-0.2, 0) is 22.7 Å². The van der Waals surface area contributed by atoms with Crippen LogP contribution in [0.1, 0.15) is 28.3 Å². The van der Waals surface area contributed by atoms with Crippen molar-refractivity contribution in [2.75, 3.05) is 7.11 Å². The van der Waals surface area contributed by atoms with Crippen LogP contribution in [0.2, 0.25) is 0 Å². The van der Waals surface area contributed by atoms with Gasteiger partial charge in [0.05, 0.1) is 18.7 Å². The molecule has 4 aromatic rings. The lowest BCUT2D eigenvalue weighted by molar-refractivity contribution is -0.140. The molecule has 190 valence electrons. The monoisotopic (exact) mass is 506 g/mol. The summed E-state index contributed by atoms with van der Waals surface area (Å²) < 4.78 is 11.2. The molecule has 0 bridgehead atoms. The molecule has 1 atom stereocenters. The average Bonchev–Trinajstić information content (AvgIpc) is 3.22. The van der Waals surface area contributed by atoms with E-state index in [2.05, 4.69) is 4.98 Å². The number of rotatable bonds is 8. The van der Waals surface area contributed by atoms with Crippen molar-refractivity contribution in [1.29, 1.82) is 0 Å². The quantitative estimate of drug-likeness (QED) is 0.198. The van der Waals surface area contributed by atoms with Gasteiger partial charge in [-0.15, -0.1) is 0 Å². The van der Waals surface area contributed by atoms with Gasteiger partial charge in [0.2, 0.25) is 0 Å². The minimum absolute atomic E-state index is 0.0234. The first-order valence-corrected chi connectivity index (χ1v) is 12.1. The number of aliphatic hydroxyl groups is 1. The summed E-state index contributed by atoms with van der Waals surface area (Å²) in [5.74, 6) is -0.503.